The van der Waals surface area contributed by atoms with E-state index in [1.807, 2.05) is 0 Å². The molecule has 15 nitrogen and oxygen atoms in total. The van der Waals surface area contributed by atoms with E-state index in [1.165, 1.54) is 23.0 Å². The molecule has 3 heterocycles. The largest absolute Gasteiger partial charge is 0.418 e. The molecule has 1 amide bonds. The lowest BCUT2D eigenvalue weighted by atomic mass is 9.95. The van der Waals surface area contributed by atoms with Crippen molar-refractivity contribution in [3.63, 3.8) is 0 Å². The highest BCUT2D eigenvalue weighted by Crippen LogP contribution is 2.37. The summed E-state index contributed by atoms with van der Waals surface area (Å²) in [5.41, 5.74) is 5.21. The molecular formula is C22H25F3N6O9S. The van der Waals surface area contributed by atoms with Crippen LogP contribution in [0.4, 0.5) is 19.0 Å². The maximum atomic E-state index is 12.9. The second-order valence-electron chi connectivity index (χ2n) is 9.02. The van der Waals surface area contributed by atoms with Crippen LogP contribution in [0.25, 0.3) is 11.2 Å². The second kappa shape index (κ2) is 11.8. The number of nitrogens with two attached hydrogens (primary N) is 1. The van der Waals surface area contributed by atoms with Crippen LogP contribution in [0.15, 0.2) is 36.9 Å². The van der Waals surface area contributed by atoms with Crippen LogP contribution >= 0.6 is 0 Å². The molecule has 2 aromatic heterocycles. The summed E-state index contributed by atoms with van der Waals surface area (Å²) in [6.07, 6.45) is -14.1. The summed E-state index contributed by atoms with van der Waals surface area (Å²) in [5, 5.41) is 40.7. The molecule has 1 saturated heterocycles. The fourth-order valence-electron chi connectivity index (χ4n) is 4.19. The van der Waals surface area contributed by atoms with Crippen LogP contribution in [-0.4, -0.2) is 85.4 Å². The van der Waals surface area contributed by atoms with E-state index in [0.717, 1.165) is 18.5 Å². The molecule has 4 rings (SSSR count). The Kier molecular flexibility index (Phi) is 8.78. The third-order valence-corrected chi connectivity index (χ3v) is 7.15. The lowest BCUT2D eigenvalue weighted by Crippen LogP contribution is -2.37. The van der Waals surface area contributed by atoms with Gasteiger partial charge in [-0.2, -0.15) is 21.6 Å². The minimum Gasteiger partial charge on any atom is -0.388 e. The molecule has 0 spiro atoms. The number of halogens is 3. The van der Waals surface area contributed by atoms with E-state index in [-0.39, 0.29) is 22.5 Å². The number of anilines is 1. The number of hydrogen-bond acceptors (Lipinski definition) is 13. The molecule has 6 atom stereocenters. The first kappa shape index (κ1) is 30.5. The van der Waals surface area contributed by atoms with Crippen molar-refractivity contribution in [1.29, 1.82) is 0 Å². The molecule has 1 aliphatic heterocycles. The fraction of sp³-hybridized carbons (Fsp3) is 0.455. The number of aliphatic hydroxyl groups excluding tert-OH is 4. The van der Waals surface area contributed by atoms with Gasteiger partial charge in [0.2, 0.25) is 5.91 Å². The van der Waals surface area contributed by atoms with Crippen LogP contribution in [0.3, 0.4) is 0 Å². The minimum absolute atomic E-state index is 0.0547. The Bertz CT molecular complexity index is 1510. The van der Waals surface area contributed by atoms with Crippen molar-refractivity contribution in [2.24, 2.45) is 0 Å². The number of ether oxygens (including phenoxy) is 1. The maximum Gasteiger partial charge on any atom is 0.418 e. The van der Waals surface area contributed by atoms with Crippen LogP contribution in [0, 0.1) is 0 Å². The average molecular weight is 607 g/mol. The number of carbonyl (C=O) groups excluding carboxylic acids is 1. The molecule has 0 saturated carbocycles. The molecule has 0 bridgehead atoms. The van der Waals surface area contributed by atoms with Gasteiger partial charge in [-0.15, -0.1) is 0 Å². The number of rotatable bonds is 10. The number of aliphatic hydroxyl groups is 4. The number of amides is 1. The number of carbonyl (C=O) groups is 1. The Hall–Kier alpha value is -3.46. The van der Waals surface area contributed by atoms with Gasteiger partial charge in [-0.25, -0.2) is 19.7 Å². The van der Waals surface area contributed by atoms with Crippen molar-refractivity contribution < 1.29 is 55.7 Å². The predicted octanol–water partition coefficient (Wildman–Crippen LogP) is -0.485. The van der Waals surface area contributed by atoms with E-state index in [0.29, 0.717) is 0 Å². The molecular weight excluding hydrogens is 581 g/mol. The summed E-state index contributed by atoms with van der Waals surface area (Å²) in [4.78, 5) is 24.0. The first-order valence-corrected chi connectivity index (χ1v) is 13.3. The third-order valence-electron chi connectivity index (χ3n) is 6.23. The quantitative estimate of drug-likeness (QED) is 0.171. The summed E-state index contributed by atoms with van der Waals surface area (Å²) in [5.74, 6) is -1.11. The molecule has 7 N–H and O–H groups in total. The first-order chi connectivity index (χ1) is 19.2. The van der Waals surface area contributed by atoms with E-state index in [9.17, 15) is 46.8 Å². The number of fused-ring (bicyclic) bond motifs is 1. The highest BCUT2D eigenvalue weighted by Gasteiger charge is 2.45. The Morgan fingerprint density at radius 3 is 2.51 bits per heavy atom. The van der Waals surface area contributed by atoms with Crippen LogP contribution in [0.2, 0.25) is 0 Å². The zero-order chi connectivity index (χ0) is 30.1. The predicted molar refractivity (Wildman–Crippen MR) is 130 cm³/mol. The molecule has 2 unspecified atom stereocenters. The zero-order valence-corrected chi connectivity index (χ0v) is 21.6. The monoisotopic (exact) mass is 606 g/mol. The van der Waals surface area contributed by atoms with Crippen molar-refractivity contribution in [1.82, 2.24) is 24.2 Å². The molecule has 0 radical (unpaired) electrons. The van der Waals surface area contributed by atoms with Crippen LogP contribution < -0.4 is 10.5 Å². The van der Waals surface area contributed by atoms with Crippen LogP contribution in [0.5, 0.6) is 0 Å². The zero-order valence-electron chi connectivity index (χ0n) is 20.8. The standard InChI is InChI=1S/C22H25F3N6O9S/c23-22(24,25)18(36)11-4-2-1-3-10(11)12(32)5-6-14(33)30-41(37,38)39-7-13-16(34)17(35)21(40-13)31-9-29-15-19(26)27-8-28-20(15)31/h1-4,8-9,12-13,16-18,21,32,34-36H,5-7H2,(H,30,33)(H2,26,27,28)/t12?,13-,16-,17-,18?,21-/m1/s1. The van der Waals surface area contributed by atoms with Gasteiger partial charge in [0.25, 0.3) is 0 Å². The molecule has 1 aromatic carbocycles. The summed E-state index contributed by atoms with van der Waals surface area (Å²) < 4.78 is 76.4. The van der Waals surface area contributed by atoms with Gasteiger partial charge in [-0.1, -0.05) is 24.3 Å². The molecule has 224 valence electrons. The maximum absolute atomic E-state index is 12.9. The highest BCUT2D eigenvalue weighted by molar-refractivity contribution is 7.85. The number of alkyl halides is 3. The summed E-state index contributed by atoms with van der Waals surface area (Å²) in [7, 11) is -4.77. The summed E-state index contributed by atoms with van der Waals surface area (Å²) >= 11 is 0. The summed E-state index contributed by atoms with van der Waals surface area (Å²) in [6.45, 7) is -0.827. The third kappa shape index (κ3) is 6.72. The number of benzene rings is 1. The van der Waals surface area contributed by atoms with Crippen molar-refractivity contribution in [2.45, 2.75) is 55.8 Å². The topological polar surface area (TPSA) is 232 Å². The molecule has 41 heavy (non-hydrogen) atoms. The van der Waals surface area contributed by atoms with Crippen molar-refractivity contribution in [2.75, 3.05) is 12.3 Å². The van der Waals surface area contributed by atoms with Gasteiger partial charge in [0.05, 0.1) is 19.0 Å². The number of nitrogens with one attached hydrogen (secondary N) is 1. The van der Waals surface area contributed by atoms with Gasteiger partial charge in [0.15, 0.2) is 23.8 Å². The van der Waals surface area contributed by atoms with E-state index in [1.54, 1.807) is 4.72 Å². The number of hydrogen-bond donors (Lipinski definition) is 6. The Morgan fingerprint density at radius 1 is 1.15 bits per heavy atom. The second-order valence-corrected chi connectivity index (χ2v) is 10.4. The Labute approximate surface area is 229 Å². The smallest absolute Gasteiger partial charge is 0.388 e. The SMILES string of the molecule is Nc1ncnc2c1ncn2[C@@H]1O[C@H](COS(=O)(=O)NC(=O)CCC(O)c2ccccc2C(O)C(F)(F)F)[C@@H](O)[C@H]1O. The number of imidazole rings is 1. The molecule has 1 aliphatic rings. The molecule has 0 aliphatic carbocycles. The van der Waals surface area contributed by atoms with Crippen molar-refractivity contribution in [3.05, 3.63) is 48.0 Å². The molecule has 3 aromatic rings. The minimum atomic E-state index is -5.00. The van der Waals surface area contributed by atoms with Crippen LogP contribution in [-0.2, 0) is 24.0 Å². The van der Waals surface area contributed by atoms with Crippen molar-refractivity contribution in [3.8, 4) is 0 Å². The van der Waals surface area contributed by atoms with E-state index < -0.39 is 84.1 Å². The Balaban J connectivity index is 1.32. The lowest BCUT2D eigenvalue weighted by Gasteiger charge is -2.21. The average Bonchev–Trinajstić information content (AvgIpc) is 3.46. The lowest BCUT2D eigenvalue weighted by molar-refractivity contribution is -0.207. The molecule has 19 heteroatoms. The van der Waals surface area contributed by atoms with E-state index >= 15 is 0 Å². The van der Waals surface area contributed by atoms with E-state index in [4.69, 9.17) is 14.7 Å². The molecule has 1 fully saturated rings. The van der Waals surface area contributed by atoms with Gasteiger partial charge in [-0.3, -0.25) is 13.5 Å². The highest BCUT2D eigenvalue weighted by atomic mass is 32.2. The van der Waals surface area contributed by atoms with Gasteiger partial charge in [-0.05, 0) is 17.5 Å². The number of nitrogen functional groups attached to an aromatic ring is 1. The fourth-order valence-corrected chi connectivity index (χ4v) is 4.95. The number of aromatic nitrogens is 4. The van der Waals surface area contributed by atoms with Gasteiger partial charge in [0, 0.05) is 6.42 Å². The first-order valence-electron chi connectivity index (χ1n) is 11.9. The van der Waals surface area contributed by atoms with Gasteiger partial charge < -0.3 is 30.9 Å². The van der Waals surface area contributed by atoms with Crippen molar-refractivity contribution >= 4 is 33.2 Å². The van der Waals surface area contributed by atoms with Crippen LogP contribution in [0.1, 0.15) is 42.4 Å². The Morgan fingerprint density at radius 2 is 1.83 bits per heavy atom. The van der Waals surface area contributed by atoms with Gasteiger partial charge >= 0.3 is 16.5 Å². The number of nitrogens with zero attached hydrogens (tertiary/aromatic N) is 4. The van der Waals surface area contributed by atoms with E-state index in [2.05, 4.69) is 15.0 Å². The normalized spacial score (nSPS) is 23.0. The van der Waals surface area contributed by atoms with Gasteiger partial charge in [0.1, 0.15) is 30.2 Å². The summed E-state index contributed by atoms with van der Waals surface area (Å²) in [6, 6.07) is 4.65.